The molecule has 15 unspecified atom stereocenters. The molecule has 2 saturated heterocycles. The molecule has 0 spiro atoms. The first-order chi connectivity index (χ1) is 18.7. The van der Waals surface area contributed by atoms with Crippen molar-refractivity contribution in [2.75, 3.05) is 13.2 Å². The number of aldehydes is 1. The number of ether oxygens (including phenoxy) is 4. The van der Waals surface area contributed by atoms with E-state index in [-0.39, 0.29) is 45.4 Å². The van der Waals surface area contributed by atoms with Crippen molar-refractivity contribution in [3.05, 3.63) is 6.92 Å². The van der Waals surface area contributed by atoms with Gasteiger partial charge in [0.05, 0.1) is 25.4 Å². The Kier molecular flexibility index (Phi) is 15.7. The number of carbonyl (C=O) groups is 2. The van der Waals surface area contributed by atoms with Gasteiger partial charge in [-0.05, 0) is 6.42 Å². The monoisotopic (exact) mass is 676 g/mol. The van der Waals surface area contributed by atoms with Gasteiger partial charge in [-0.1, -0.05) is 6.92 Å². The predicted molar refractivity (Wildman–Crippen MR) is 126 cm³/mol. The van der Waals surface area contributed by atoms with Gasteiger partial charge < -0.3 is 86.8 Å². The molecule has 237 valence electrons. The average Bonchev–Trinajstić information content (AvgIpc) is 2.94. The Morgan fingerprint density at radius 2 is 1.71 bits per heavy atom. The van der Waals surface area contributed by atoms with Crippen LogP contribution in [0.25, 0.3) is 0 Å². The Morgan fingerprint density at radius 3 is 2.20 bits per heavy atom. The second-order valence-electron chi connectivity index (χ2n) is 9.80. The number of aliphatic hydroxyl groups is 10. The quantitative estimate of drug-likeness (QED) is 0.0603. The molecular weight excluding hydrogens is 637 g/mol. The molecule has 2 aliphatic rings. The maximum Gasteiger partial charge on any atom is 0.364 e. The molecule has 11 N–H and O–H groups in total. The number of carbonyl (C=O) groups excluding carboxylic acids is 1. The number of hydrogen-bond donors (Lipinski definition) is 11. The van der Waals surface area contributed by atoms with Gasteiger partial charge in [-0.3, -0.25) is 0 Å². The van der Waals surface area contributed by atoms with E-state index in [1.165, 1.54) is 6.92 Å². The molecule has 1 radical (unpaired) electrons. The van der Waals surface area contributed by atoms with Gasteiger partial charge in [-0.2, -0.15) is 0 Å². The Balaban J connectivity index is 0.00000840. The van der Waals surface area contributed by atoms with Crippen LogP contribution in [0.4, 0.5) is 0 Å². The first kappa shape index (κ1) is 38.7. The number of aliphatic carboxylic acids is 1. The first-order valence-electron chi connectivity index (χ1n) is 12.5. The van der Waals surface area contributed by atoms with E-state index in [1.54, 1.807) is 0 Å². The van der Waals surface area contributed by atoms with Crippen molar-refractivity contribution in [1.82, 2.24) is 0 Å². The molecule has 0 saturated carbocycles. The molecule has 17 nitrogen and oxygen atoms in total. The minimum Gasteiger partial charge on any atom is -0.477 e. The van der Waals surface area contributed by atoms with E-state index < -0.39 is 117 Å². The van der Waals surface area contributed by atoms with Crippen molar-refractivity contribution >= 4 is 12.3 Å². The summed E-state index contributed by atoms with van der Waals surface area (Å²) in [6.45, 7) is 3.14. The van der Waals surface area contributed by atoms with Crippen LogP contribution in [0.2, 0.25) is 0 Å². The molecule has 0 aromatic rings. The fourth-order valence-corrected chi connectivity index (χ4v) is 4.51. The van der Waals surface area contributed by atoms with Crippen LogP contribution in [0.1, 0.15) is 19.8 Å². The predicted octanol–water partition coefficient (Wildman–Crippen LogP) is -6.02. The van der Waals surface area contributed by atoms with Gasteiger partial charge in [0.25, 0.3) is 5.79 Å². The topological polar surface area (TPSA) is 294 Å². The van der Waals surface area contributed by atoms with E-state index in [0.717, 1.165) is 0 Å². The molecule has 0 amide bonds. The molecule has 2 aliphatic heterocycles. The van der Waals surface area contributed by atoms with Crippen LogP contribution in [-0.4, -0.2) is 167 Å². The smallest absolute Gasteiger partial charge is 0.364 e. The van der Waals surface area contributed by atoms with Crippen LogP contribution in [0.5, 0.6) is 0 Å². The SMILES string of the molecule is [CH2-]C1C(O)CC(OC2C(O)C(CO)OC(OC(C(O)CO)C(O)C(O)C=O)C2O)(C(=O)O)OC1C(O)C(O)CC.[Y]. The van der Waals surface area contributed by atoms with Crippen molar-refractivity contribution in [2.24, 2.45) is 5.92 Å². The minimum atomic E-state index is -2.86. The number of carboxylic acids is 1. The zero-order valence-electron chi connectivity index (χ0n) is 22.1. The van der Waals surface area contributed by atoms with E-state index in [1.807, 2.05) is 0 Å². The van der Waals surface area contributed by atoms with Crippen LogP contribution in [0.3, 0.4) is 0 Å². The standard InChI is InChI=1S/C23H39O17.Y/c1-3-9(27)14(31)18-8(2)10(28)4-23(39-18,22(35)36)40-20-16(33)13(7-26)37-21(17(20)34)38-19(12(30)6-25)15(32)11(29)5-24;/h5,8-21,25-34H,2-4,6-7H2,1H3,(H,35,36);/q-1;. The van der Waals surface area contributed by atoms with Gasteiger partial charge in [0.2, 0.25) is 0 Å². The summed E-state index contributed by atoms with van der Waals surface area (Å²) >= 11 is 0. The Bertz CT molecular complexity index is 823. The molecule has 0 bridgehead atoms. The van der Waals surface area contributed by atoms with Crippen LogP contribution in [0.15, 0.2) is 0 Å². The molecule has 2 fully saturated rings. The van der Waals surface area contributed by atoms with Crippen molar-refractivity contribution in [2.45, 2.75) is 105 Å². The number of aliphatic hydroxyl groups excluding tert-OH is 10. The van der Waals surface area contributed by atoms with Crippen molar-refractivity contribution < 1.29 is 117 Å². The summed E-state index contributed by atoms with van der Waals surface area (Å²) in [6, 6.07) is 0. The Hall–Kier alpha value is -0.316. The largest absolute Gasteiger partial charge is 0.477 e. The third-order valence-electron chi connectivity index (χ3n) is 7.03. The van der Waals surface area contributed by atoms with Gasteiger partial charge in [-0.15, -0.1) is 5.92 Å². The molecular formula is C23H39O17Y-. The summed E-state index contributed by atoms with van der Waals surface area (Å²) in [4.78, 5) is 23.3. The molecule has 0 aromatic heterocycles. The van der Waals surface area contributed by atoms with Crippen molar-refractivity contribution in [3.8, 4) is 0 Å². The fourth-order valence-electron chi connectivity index (χ4n) is 4.51. The van der Waals surface area contributed by atoms with Crippen LogP contribution < -0.4 is 0 Å². The van der Waals surface area contributed by atoms with E-state index in [4.69, 9.17) is 18.9 Å². The molecule has 2 heterocycles. The fraction of sp³-hybridized carbons (Fsp3) is 0.870. The van der Waals surface area contributed by atoms with E-state index >= 15 is 0 Å². The Labute approximate surface area is 260 Å². The second kappa shape index (κ2) is 16.7. The van der Waals surface area contributed by atoms with Gasteiger partial charge >= 0.3 is 5.97 Å². The molecule has 18 heteroatoms. The summed E-state index contributed by atoms with van der Waals surface area (Å²) in [6.07, 6.45) is -25.4. The van der Waals surface area contributed by atoms with Crippen molar-refractivity contribution in [1.29, 1.82) is 0 Å². The molecule has 0 aromatic carbocycles. The third kappa shape index (κ3) is 8.66. The van der Waals surface area contributed by atoms with Crippen LogP contribution in [-0.2, 0) is 61.2 Å². The summed E-state index contributed by atoms with van der Waals surface area (Å²) in [5, 5.41) is 112. The summed E-state index contributed by atoms with van der Waals surface area (Å²) in [5.74, 6) is -5.88. The van der Waals surface area contributed by atoms with E-state index in [0.29, 0.717) is 0 Å². The number of hydrogen-bond acceptors (Lipinski definition) is 16. The van der Waals surface area contributed by atoms with Crippen LogP contribution >= 0.6 is 0 Å². The average molecular weight is 676 g/mol. The number of rotatable bonds is 14. The van der Waals surface area contributed by atoms with Gasteiger partial charge in [-0.25, -0.2) is 4.79 Å². The zero-order chi connectivity index (χ0) is 30.5. The third-order valence-corrected chi connectivity index (χ3v) is 7.03. The van der Waals surface area contributed by atoms with Gasteiger partial charge in [0.15, 0.2) is 12.6 Å². The summed E-state index contributed by atoms with van der Waals surface area (Å²) in [7, 11) is 0. The normalized spacial score (nSPS) is 38.5. The summed E-state index contributed by atoms with van der Waals surface area (Å²) < 4.78 is 21.6. The second-order valence-corrected chi connectivity index (χ2v) is 9.80. The van der Waals surface area contributed by atoms with Crippen LogP contribution in [0, 0.1) is 12.8 Å². The maximum atomic E-state index is 12.4. The zero-order valence-corrected chi connectivity index (χ0v) is 25.0. The molecule has 0 aliphatic carbocycles. The summed E-state index contributed by atoms with van der Waals surface area (Å²) in [5.41, 5.74) is 0. The molecule has 41 heavy (non-hydrogen) atoms. The molecule has 15 atom stereocenters. The van der Waals surface area contributed by atoms with E-state index in [2.05, 4.69) is 6.92 Å². The maximum absolute atomic E-state index is 12.4. The van der Waals surface area contributed by atoms with Crippen molar-refractivity contribution in [3.63, 3.8) is 0 Å². The van der Waals surface area contributed by atoms with Gasteiger partial charge in [0.1, 0.15) is 54.9 Å². The molecule has 2 rings (SSSR count). The van der Waals surface area contributed by atoms with E-state index in [9.17, 15) is 65.8 Å². The minimum absolute atomic E-state index is 0. The Morgan fingerprint density at radius 1 is 1.10 bits per heavy atom. The first-order valence-corrected chi connectivity index (χ1v) is 12.5. The number of carboxylic acid groups (broad SMARTS) is 1. The van der Waals surface area contributed by atoms with Gasteiger partial charge in [0, 0.05) is 45.2 Å².